The Bertz CT molecular complexity index is 3040. The number of hydrogen-bond donors (Lipinski definition) is 0. The summed E-state index contributed by atoms with van der Waals surface area (Å²) in [6, 6.07) is 54.8. The molecule has 0 spiro atoms. The van der Waals surface area contributed by atoms with Gasteiger partial charge in [-0.05, 0) is 62.4 Å². The largest absolute Gasteiger partial charge is 0.292 e. The van der Waals surface area contributed by atoms with Gasteiger partial charge >= 0.3 is 0 Å². The summed E-state index contributed by atoms with van der Waals surface area (Å²) < 4.78 is 4.73. The molecular formula is C47H31N3S. The number of benzene rings is 7. The summed E-state index contributed by atoms with van der Waals surface area (Å²) in [6.07, 6.45) is 0. The maximum absolute atomic E-state index is 5.48. The van der Waals surface area contributed by atoms with E-state index in [1.165, 1.54) is 65.1 Å². The molecule has 0 fully saturated rings. The summed E-state index contributed by atoms with van der Waals surface area (Å²) in [6.45, 7) is 4.77. The smallest absolute Gasteiger partial charge is 0.162 e. The van der Waals surface area contributed by atoms with Crippen molar-refractivity contribution >= 4 is 64.2 Å². The number of thiophene rings is 1. The molecule has 1 aliphatic rings. The fraction of sp³-hybridized carbons (Fsp3) is 0.0638. The zero-order valence-electron chi connectivity index (χ0n) is 28.2. The van der Waals surface area contributed by atoms with Crippen LogP contribution in [0, 0.1) is 0 Å². The summed E-state index contributed by atoms with van der Waals surface area (Å²) >= 11 is 1.80. The van der Waals surface area contributed by atoms with Crippen LogP contribution in [0.4, 0.5) is 0 Å². The second-order valence-electron chi connectivity index (χ2n) is 14.2. The molecule has 51 heavy (non-hydrogen) atoms. The Balaban J connectivity index is 1.26. The van der Waals surface area contributed by atoms with Gasteiger partial charge in [-0.2, -0.15) is 0 Å². The lowest BCUT2D eigenvalue weighted by Crippen LogP contribution is -2.15. The molecule has 1 aliphatic carbocycles. The SMILES string of the molecule is CC1(C)c2cc3c(cc2-c2ccc4ccccc4c21)c1ccccc1n3-c1nc(-c2ccccc2)nc2c1sc1c(-c3ccccc3)cccc12. The molecule has 0 amide bonds. The lowest BCUT2D eigenvalue weighted by atomic mass is 9.80. The second-order valence-corrected chi connectivity index (χ2v) is 15.2. The van der Waals surface area contributed by atoms with Gasteiger partial charge in [0.1, 0.15) is 0 Å². The number of fused-ring (bicyclic) bond motifs is 11. The molecule has 0 saturated carbocycles. The van der Waals surface area contributed by atoms with Crippen LogP contribution in [0.5, 0.6) is 0 Å². The minimum atomic E-state index is -0.181. The Morgan fingerprint density at radius 1 is 0.510 bits per heavy atom. The summed E-state index contributed by atoms with van der Waals surface area (Å²) in [7, 11) is 0. The Labute approximate surface area is 299 Å². The van der Waals surface area contributed by atoms with Gasteiger partial charge < -0.3 is 0 Å². The molecule has 0 radical (unpaired) electrons. The van der Waals surface area contributed by atoms with Gasteiger partial charge in [0, 0.05) is 31.8 Å². The third-order valence-electron chi connectivity index (χ3n) is 11.0. The number of para-hydroxylation sites is 1. The molecule has 11 rings (SSSR count). The van der Waals surface area contributed by atoms with Gasteiger partial charge in [0.05, 0.1) is 21.3 Å². The van der Waals surface area contributed by atoms with E-state index in [0.717, 1.165) is 38.3 Å². The average Bonchev–Trinajstić information content (AvgIpc) is 3.80. The van der Waals surface area contributed by atoms with E-state index in [2.05, 4.69) is 164 Å². The van der Waals surface area contributed by atoms with Crippen LogP contribution in [0.25, 0.3) is 92.3 Å². The molecule has 240 valence electrons. The highest BCUT2D eigenvalue weighted by atomic mass is 32.1. The Kier molecular flexibility index (Phi) is 5.89. The van der Waals surface area contributed by atoms with E-state index in [1.54, 1.807) is 11.3 Å². The van der Waals surface area contributed by atoms with Gasteiger partial charge in [-0.25, -0.2) is 9.97 Å². The number of hydrogen-bond acceptors (Lipinski definition) is 3. The van der Waals surface area contributed by atoms with Gasteiger partial charge in [-0.15, -0.1) is 11.3 Å². The third-order valence-corrected chi connectivity index (χ3v) is 12.2. The number of rotatable bonds is 3. The van der Waals surface area contributed by atoms with E-state index in [9.17, 15) is 0 Å². The molecule has 3 nitrogen and oxygen atoms in total. The standard InChI is InChI=1S/C47H31N3S/c1-47(2)38-27-40-37(26-36(38)34-25-24-29-16-9-10-19-31(29)41(34)47)33-20-11-12-23-39(33)50(40)46-44-42(48-45(49-46)30-17-7-4-8-18-30)35-22-13-21-32(43(35)51-44)28-14-5-3-6-15-28/h3-27H,1-2H3. The number of nitrogens with zero attached hydrogens (tertiary/aromatic N) is 3. The van der Waals surface area contributed by atoms with Crippen molar-refractivity contribution in [3.8, 4) is 39.5 Å². The van der Waals surface area contributed by atoms with Crippen LogP contribution < -0.4 is 0 Å². The first-order valence-corrected chi connectivity index (χ1v) is 18.3. The first kappa shape index (κ1) is 28.7. The highest BCUT2D eigenvalue weighted by molar-refractivity contribution is 7.26. The van der Waals surface area contributed by atoms with Crippen LogP contribution in [0.3, 0.4) is 0 Å². The highest BCUT2D eigenvalue weighted by Gasteiger charge is 2.38. The lowest BCUT2D eigenvalue weighted by Gasteiger charge is -2.23. The lowest BCUT2D eigenvalue weighted by molar-refractivity contribution is 0.667. The highest BCUT2D eigenvalue weighted by Crippen LogP contribution is 2.53. The van der Waals surface area contributed by atoms with E-state index in [4.69, 9.17) is 9.97 Å². The minimum Gasteiger partial charge on any atom is -0.292 e. The zero-order valence-corrected chi connectivity index (χ0v) is 29.0. The average molecular weight is 670 g/mol. The van der Waals surface area contributed by atoms with Crippen LogP contribution in [0.1, 0.15) is 25.0 Å². The Hall–Kier alpha value is -6.10. The topological polar surface area (TPSA) is 30.7 Å². The first-order chi connectivity index (χ1) is 25.1. The van der Waals surface area contributed by atoms with E-state index < -0.39 is 0 Å². The maximum Gasteiger partial charge on any atom is 0.162 e. The third kappa shape index (κ3) is 3.99. The quantitative estimate of drug-likeness (QED) is 0.187. The van der Waals surface area contributed by atoms with E-state index >= 15 is 0 Å². The molecule has 0 N–H and O–H groups in total. The summed E-state index contributed by atoms with van der Waals surface area (Å²) in [5.74, 6) is 1.65. The summed E-state index contributed by atoms with van der Waals surface area (Å²) in [5, 5.41) is 6.23. The second kappa shape index (κ2) is 10.5. The molecule has 0 atom stereocenters. The molecule has 4 heteroatoms. The number of aromatic nitrogens is 3. The molecular weight excluding hydrogens is 639 g/mol. The van der Waals surface area contributed by atoms with E-state index in [-0.39, 0.29) is 5.41 Å². The summed E-state index contributed by atoms with van der Waals surface area (Å²) in [4.78, 5) is 10.8. The van der Waals surface area contributed by atoms with Crippen LogP contribution in [0.2, 0.25) is 0 Å². The van der Waals surface area contributed by atoms with Crippen molar-refractivity contribution in [3.63, 3.8) is 0 Å². The monoisotopic (exact) mass is 669 g/mol. The molecule has 0 aliphatic heterocycles. The zero-order chi connectivity index (χ0) is 33.8. The van der Waals surface area contributed by atoms with Crippen molar-refractivity contribution in [2.24, 2.45) is 0 Å². The fourth-order valence-electron chi connectivity index (χ4n) is 8.65. The van der Waals surface area contributed by atoms with E-state index in [1.807, 2.05) is 6.07 Å². The van der Waals surface area contributed by atoms with Crippen molar-refractivity contribution in [1.29, 1.82) is 0 Å². The Morgan fingerprint density at radius 2 is 1.22 bits per heavy atom. The maximum atomic E-state index is 5.48. The van der Waals surface area contributed by atoms with Crippen LogP contribution in [-0.2, 0) is 5.41 Å². The van der Waals surface area contributed by atoms with Crippen molar-refractivity contribution < 1.29 is 0 Å². The molecule has 0 bridgehead atoms. The fourth-order valence-corrected chi connectivity index (χ4v) is 9.91. The molecule has 3 aromatic heterocycles. The molecule has 0 unspecified atom stereocenters. The van der Waals surface area contributed by atoms with Crippen molar-refractivity contribution in [2.75, 3.05) is 0 Å². The summed E-state index contributed by atoms with van der Waals surface area (Å²) in [5.41, 5.74) is 12.0. The van der Waals surface area contributed by atoms with E-state index in [0.29, 0.717) is 0 Å². The normalized spacial score (nSPS) is 13.5. The first-order valence-electron chi connectivity index (χ1n) is 17.5. The molecule has 7 aromatic carbocycles. The molecule has 0 saturated heterocycles. The minimum absolute atomic E-state index is 0.181. The van der Waals surface area contributed by atoms with Crippen LogP contribution in [-0.4, -0.2) is 14.5 Å². The van der Waals surface area contributed by atoms with Crippen molar-refractivity contribution in [1.82, 2.24) is 14.5 Å². The van der Waals surface area contributed by atoms with Gasteiger partial charge in [0.15, 0.2) is 11.6 Å². The molecule has 10 aromatic rings. The molecule has 3 heterocycles. The Morgan fingerprint density at radius 3 is 2.04 bits per heavy atom. The van der Waals surface area contributed by atoms with Gasteiger partial charge in [0.2, 0.25) is 0 Å². The van der Waals surface area contributed by atoms with Crippen LogP contribution >= 0.6 is 11.3 Å². The van der Waals surface area contributed by atoms with Crippen molar-refractivity contribution in [3.05, 3.63) is 163 Å². The van der Waals surface area contributed by atoms with Crippen LogP contribution in [0.15, 0.2) is 152 Å². The van der Waals surface area contributed by atoms with Gasteiger partial charge in [0.25, 0.3) is 0 Å². The van der Waals surface area contributed by atoms with Crippen molar-refractivity contribution in [2.45, 2.75) is 19.3 Å². The van der Waals surface area contributed by atoms with Gasteiger partial charge in [-0.1, -0.05) is 147 Å². The van der Waals surface area contributed by atoms with Gasteiger partial charge in [-0.3, -0.25) is 4.57 Å². The predicted octanol–water partition coefficient (Wildman–Crippen LogP) is 12.7. The predicted molar refractivity (Wildman–Crippen MR) is 215 cm³/mol.